The molecule has 0 heterocycles. The van der Waals surface area contributed by atoms with Crippen LogP contribution in [0.15, 0.2) is 0 Å². The summed E-state index contributed by atoms with van der Waals surface area (Å²) in [7, 11) is 0. The van der Waals surface area contributed by atoms with E-state index in [9.17, 15) is 29.1 Å². The van der Waals surface area contributed by atoms with Crippen LogP contribution in [-0.2, 0) is 24.0 Å². The van der Waals surface area contributed by atoms with Gasteiger partial charge in [0.1, 0.15) is 0 Å². The van der Waals surface area contributed by atoms with Crippen molar-refractivity contribution in [2.45, 2.75) is 49.1 Å². The first-order valence-electron chi connectivity index (χ1n) is 7.18. The van der Waals surface area contributed by atoms with Gasteiger partial charge < -0.3 is 0 Å². The molecule has 0 fully saturated rings. The molecule has 7 N–H and O–H groups in total. The van der Waals surface area contributed by atoms with Crippen LogP contribution in [0, 0.1) is 0 Å². The minimum atomic E-state index is -1.47. The molecule has 0 aliphatic carbocycles. The van der Waals surface area contributed by atoms with Crippen LogP contribution in [0.5, 0.6) is 0 Å². The summed E-state index contributed by atoms with van der Waals surface area (Å²) in [5.74, 6) is -5.89. The Hall–Kier alpha value is -2.01. The van der Waals surface area contributed by atoms with Crippen molar-refractivity contribution < 1.29 is 39.3 Å². The number of amides is 2. The van der Waals surface area contributed by atoms with Gasteiger partial charge in [-0.1, -0.05) is 0 Å². The van der Waals surface area contributed by atoms with Crippen molar-refractivity contribution in [1.29, 1.82) is 0 Å². The van der Waals surface area contributed by atoms with Crippen molar-refractivity contribution in [2.75, 3.05) is 0 Å². The molecule has 0 bridgehead atoms. The van der Waals surface area contributed by atoms with E-state index in [2.05, 4.69) is 0 Å². The zero-order valence-corrected chi connectivity index (χ0v) is 15.1. The molecule has 25 heavy (non-hydrogen) atoms. The third kappa shape index (κ3) is 7.61. The zero-order chi connectivity index (χ0) is 19.7. The number of carbonyl (C=O) groups is 5. The van der Waals surface area contributed by atoms with E-state index in [4.69, 9.17) is 21.7 Å². The summed E-state index contributed by atoms with van der Waals surface area (Å²) in [5.41, 5.74) is 10.6. The topological polar surface area (TPSA) is 201 Å². The molecule has 0 aromatic heterocycles. The van der Waals surface area contributed by atoms with Crippen LogP contribution in [0.2, 0.25) is 5.32 Å². The molecule has 12 heteroatoms. The molecule has 3 unspecified atom stereocenters. The van der Waals surface area contributed by atoms with Crippen molar-refractivity contribution in [3.63, 3.8) is 0 Å². The fraction of sp³-hybridized carbons (Fsp3) is 0.615. The first-order valence-corrected chi connectivity index (χ1v) is 8.50. The van der Waals surface area contributed by atoms with Crippen LogP contribution in [0.4, 0.5) is 0 Å². The minimum absolute atomic E-state index is 0.129. The normalized spacial score (nSPS) is 14.2. The van der Waals surface area contributed by atoms with Crippen molar-refractivity contribution in [1.82, 2.24) is 4.90 Å². The van der Waals surface area contributed by atoms with Crippen LogP contribution < -0.4 is 11.5 Å². The monoisotopic (exact) mass is 427 g/mol. The molecule has 0 aliphatic heterocycles. The van der Waals surface area contributed by atoms with Gasteiger partial charge in [0.15, 0.2) is 0 Å². The first kappa shape index (κ1) is 23.0. The number of hydrogen-bond acceptors (Lipinski definition) is 7. The molecule has 0 aliphatic rings. The molecule has 0 aromatic carbocycles. The van der Waals surface area contributed by atoms with Crippen molar-refractivity contribution in [3.8, 4) is 0 Å². The first-order chi connectivity index (χ1) is 11.5. The molecule has 0 radical (unpaired) electrons. The van der Waals surface area contributed by atoms with Crippen molar-refractivity contribution >= 4 is 45.7 Å². The summed E-state index contributed by atoms with van der Waals surface area (Å²) in [6, 6.07) is -4.13. The van der Waals surface area contributed by atoms with Gasteiger partial charge >= 0.3 is 151 Å². The van der Waals surface area contributed by atoms with E-state index in [1.807, 2.05) is 16.0 Å². The number of imide groups is 1. The number of carbonyl (C=O) groups excluding carboxylic acids is 2. The molecule has 0 aromatic rings. The van der Waals surface area contributed by atoms with Gasteiger partial charge in [-0.25, -0.2) is 0 Å². The average Bonchev–Trinajstić information content (AvgIpc) is 2.53. The Morgan fingerprint density at radius 3 is 1.40 bits per heavy atom. The summed E-state index contributed by atoms with van der Waals surface area (Å²) in [6.45, 7) is 0. The van der Waals surface area contributed by atoms with Gasteiger partial charge in [0.05, 0.1) is 0 Å². The molecule has 142 valence electrons. The van der Waals surface area contributed by atoms with E-state index in [0.717, 1.165) is 0 Å². The van der Waals surface area contributed by atoms with E-state index in [-0.39, 0.29) is 18.2 Å². The summed E-state index contributed by atoms with van der Waals surface area (Å²) in [5, 5.41) is 26.5. The van der Waals surface area contributed by atoms with Crippen LogP contribution in [0.3, 0.4) is 0 Å². The molecular weight excluding hydrogens is 405 g/mol. The molecule has 0 rings (SSSR count). The number of hydrogen-bond donors (Lipinski definition) is 5. The van der Waals surface area contributed by atoms with E-state index < -0.39 is 60.7 Å². The maximum atomic E-state index is 12.2. The summed E-state index contributed by atoms with van der Waals surface area (Å²) < 4.78 is 0. The molecular formula is C13H21N3O8Se. The van der Waals surface area contributed by atoms with Gasteiger partial charge in [-0.3, -0.25) is 0 Å². The number of carboxylic acids is 3. The van der Waals surface area contributed by atoms with Gasteiger partial charge in [0.25, 0.3) is 0 Å². The predicted octanol–water partition coefficient (Wildman–Crippen LogP) is -2.50. The van der Waals surface area contributed by atoms with E-state index in [1.54, 1.807) is 0 Å². The Balaban J connectivity index is 5.17. The van der Waals surface area contributed by atoms with Crippen LogP contribution in [-0.4, -0.2) is 84.1 Å². The summed E-state index contributed by atoms with van der Waals surface area (Å²) in [6.07, 6.45) is -1.45. The number of rotatable bonds is 11. The molecule has 0 saturated heterocycles. The molecule has 0 saturated carbocycles. The fourth-order valence-electron chi connectivity index (χ4n) is 1.80. The van der Waals surface area contributed by atoms with E-state index in [1.165, 1.54) is 0 Å². The second-order valence-electron chi connectivity index (χ2n) is 5.16. The maximum absolute atomic E-state index is 12.2. The predicted molar refractivity (Wildman–Crippen MR) is 84.9 cm³/mol. The standard InChI is InChI=1S/C13H21N3O8Se/c14-6(11(19)20)1-3-9(17)16(8(5-25)13(23)24)10(18)4-2-7(15)12(21)22/h6-8,25H,1-5,14-15H2,(H,19,20)(H,21,22)(H,23,24). The Bertz CT molecular complexity index is 505. The molecule has 2 amide bonds. The van der Waals surface area contributed by atoms with E-state index in [0.29, 0.717) is 4.90 Å². The Morgan fingerprint density at radius 1 is 0.800 bits per heavy atom. The Morgan fingerprint density at radius 2 is 1.16 bits per heavy atom. The third-order valence-corrected chi connectivity index (χ3v) is 4.01. The van der Waals surface area contributed by atoms with Crippen LogP contribution in [0.1, 0.15) is 25.7 Å². The quantitative estimate of drug-likeness (QED) is 0.220. The van der Waals surface area contributed by atoms with Gasteiger partial charge in [-0.05, 0) is 0 Å². The fourth-order valence-corrected chi connectivity index (χ4v) is 2.47. The molecule has 3 atom stereocenters. The van der Waals surface area contributed by atoms with Gasteiger partial charge in [-0.2, -0.15) is 0 Å². The van der Waals surface area contributed by atoms with Gasteiger partial charge in [-0.15, -0.1) is 0 Å². The zero-order valence-electron chi connectivity index (χ0n) is 13.2. The third-order valence-electron chi connectivity index (χ3n) is 3.28. The average molecular weight is 426 g/mol. The molecule has 11 nitrogen and oxygen atoms in total. The summed E-state index contributed by atoms with van der Waals surface area (Å²) in [4.78, 5) is 57.6. The van der Waals surface area contributed by atoms with Crippen molar-refractivity contribution in [3.05, 3.63) is 0 Å². The SMILES string of the molecule is NC(CCC(=O)N(C(=O)CCC(N)C(=O)O)C(C[SeH])C(=O)O)C(=O)O. The van der Waals surface area contributed by atoms with E-state index >= 15 is 0 Å². The second-order valence-corrected chi connectivity index (χ2v) is 5.93. The van der Waals surface area contributed by atoms with Gasteiger partial charge in [0.2, 0.25) is 0 Å². The van der Waals surface area contributed by atoms with Crippen molar-refractivity contribution in [2.24, 2.45) is 11.5 Å². The van der Waals surface area contributed by atoms with Crippen LogP contribution >= 0.6 is 0 Å². The number of aliphatic carboxylic acids is 3. The summed E-state index contributed by atoms with van der Waals surface area (Å²) >= 11 is 1.94. The molecule has 0 spiro atoms. The number of carboxylic acid groups (broad SMARTS) is 3. The van der Waals surface area contributed by atoms with Crippen LogP contribution in [0.25, 0.3) is 0 Å². The number of nitrogens with two attached hydrogens (primary N) is 2. The second kappa shape index (κ2) is 10.8. The Labute approximate surface area is 151 Å². The van der Waals surface area contributed by atoms with Gasteiger partial charge in [0, 0.05) is 0 Å². The number of nitrogens with zero attached hydrogens (tertiary/aromatic N) is 1. The Kier molecular flexibility index (Phi) is 9.91.